The Morgan fingerprint density at radius 1 is 0.548 bits per heavy atom. The Kier molecular flexibility index (Phi) is 16.7. The van der Waals surface area contributed by atoms with Gasteiger partial charge in [0.05, 0.1) is 6.61 Å². The van der Waals surface area contributed by atoms with E-state index < -0.39 is 6.17 Å². The Morgan fingerprint density at radius 2 is 1.02 bits per heavy atom. The van der Waals surface area contributed by atoms with Crippen molar-refractivity contribution in [2.75, 3.05) is 13.2 Å². The molecular formula is C37H53FN2O2. The molecule has 0 bridgehead atoms. The summed E-state index contributed by atoms with van der Waals surface area (Å²) < 4.78 is 25.8. The van der Waals surface area contributed by atoms with Gasteiger partial charge in [0, 0.05) is 23.5 Å². The third-order valence-corrected chi connectivity index (χ3v) is 7.77. The molecule has 1 unspecified atom stereocenters. The molecule has 1 heterocycles. The van der Waals surface area contributed by atoms with Crippen LogP contribution in [-0.4, -0.2) is 29.4 Å². The van der Waals surface area contributed by atoms with Crippen molar-refractivity contribution in [3.05, 3.63) is 60.9 Å². The van der Waals surface area contributed by atoms with Gasteiger partial charge in [-0.15, -0.1) is 0 Å². The molecule has 1 atom stereocenters. The number of nitrogens with zero attached hydrogens (tertiary/aromatic N) is 2. The fraction of sp³-hybridized carbons (Fsp3) is 0.568. The van der Waals surface area contributed by atoms with E-state index >= 15 is 0 Å². The molecule has 42 heavy (non-hydrogen) atoms. The predicted molar refractivity (Wildman–Crippen MR) is 174 cm³/mol. The summed E-state index contributed by atoms with van der Waals surface area (Å²) in [5, 5.41) is 0. The molecule has 0 radical (unpaired) electrons. The Hall–Kier alpha value is -2.95. The van der Waals surface area contributed by atoms with Gasteiger partial charge in [0.25, 0.3) is 0 Å². The van der Waals surface area contributed by atoms with Gasteiger partial charge in [-0.25, -0.2) is 14.4 Å². The highest BCUT2D eigenvalue weighted by atomic mass is 19.1. The molecule has 0 saturated carbocycles. The Balaban J connectivity index is 1.34. The van der Waals surface area contributed by atoms with Gasteiger partial charge >= 0.3 is 0 Å². The maximum absolute atomic E-state index is 14.1. The van der Waals surface area contributed by atoms with Gasteiger partial charge in [-0.05, 0) is 54.8 Å². The molecule has 3 aromatic rings. The van der Waals surface area contributed by atoms with Crippen LogP contribution in [0.5, 0.6) is 11.5 Å². The van der Waals surface area contributed by atoms with Crippen LogP contribution in [0.15, 0.2) is 60.9 Å². The van der Waals surface area contributed by atoms with Crippen molar-refractivity contribution < 1.29 is 13.9 Å². The van der Waals surface area contributed by atoms with E-state index in [9.17, 15) is 4.39 Å². The van der Waals surface area contributed by atoms with Gasteiger partial charge in [-0.2, -0.15) is 0 Å². The van der Waals surface area contributed by atoms with Gasteiger partial charge in [-0.3, -0.25) is 0 Å². The fourth-order valence-electron chi connectivity index (χ4n) is 5.09. The summed E-state index contributed by atoms with van der Waals surface area (Å²) in [7, 11) is 0. The summed E-state index contributed by atoms with van der Waals surface area (Å²) in [5.41, 5.74) is 2.89. The van der Waals surface area contributed by atoms with Crippen LogP contribution < -0.4 is 9.47 Å². The van der Waals surface area contributed by atoms with Crippen LogP contribution in [0, 0.1) is 0 Å². The molecule has 0 fully saturated rings. The Labute approximate surface area is 254 Å². The second-order valence-corrected chi connectivity index (χ2v) is 11.5. The zero-order valence-electron chi connectivity index (χ0n) is 26.2. The van der Waals surface area contributed by atoms with Crippen molar-refractivity contribution in [2.24, 2.45) is 0 Å². The molecule has 0 aliphatic rings. The van der Waals surface area contributed by atoms with E-state index in [-0.39, 0.29) is 6.61 Å². The van der Waals surface area contributed by atoms with Crippen LogP contribution in [-0.2, 0) is 0 Å². The third-order valence-electron chi connectivity index (χ3n) is 7.77. The van der Waals surface area contributed by atoms with Crippen LogP contribution in [0.2, 0.25) is 0 Å². The van der Waals surface area contributed by atoms with E-state index in [1.54, 1.807) is 0 Å². The maximum Gasteiger partial charge on any atom is 0.159 e. The summed E-state index contributed by atoms with van der Waals surface area (Å²) in [5.74, 6) is 2.25. The van der Waals surface area contributed by atoms with Crippen molar-refractivity contribution in [2.45, 2.75) is 123 Å². The first-order valence-corrected chi connectivity index (χ1v) is 16.6. The minimum Gasteiger partial charge on any atom is -0.494 e. The number of alkyl halides is 1. The molecule has 4 nitrogen and oxygen atoms in total. The first kappa shape index (κ1) is 33.6. The number of unbranched alkanes of at least 4 members (excludes halogenated alkanes) is 13. The number of aromatic nitrogens is 2. The minimum absolute atomic E-state index is 0.105. The Morgan fingerprint density at radius 3 is 1.60 bits per heavy atom. The second kappa shape index (κ2) is 20.9. The molecule has 3 rings (SSSR count). The Bertz CT molecular complexity index is 1070. The highest BCUT2D eigenvalue weighted by Gasteiger charge is 2.09. The smallest absolute Gasteiger partial charge is 0.159 e. The van der Waals surface area contributed by atoms with Gasteiger partial charge in [0.15, 0.2) is 5.82 Å². The SMILES string of the molecule is CCCCCCCCCCCCOc1ccc(-c2ncc(-c3ccc(OCC(F)CCCCCCC)cc3)cn2)cc1. The van der Waals surface area contributed by atoms with E-state index in [1.165, 1.54) is 77.0 Å². The lowest BCUT2D eigenvalue weighted by atomic mass is 10.1. The summed E-state index contributed by atoms with van der Waals surface area (Å²) in [6.45, 7) is 5.33. The molecule has 0 saturated heterocycles. The summed E-state index contributed by atoms with van der Waals surface area (Å²) in [6.07, 6.45) is 22.2. The quantitative estimate of drug-likeness (QED) is 0.105. The van der Waals surface area contributed by atoms with Gasteiger partial charge in [-0.1, -0.05) is 116 Å². The molecule has 230 valence electrons. The van der Waals surface area contributed by atoms with Crippen LogP contribution in [0.4, 0.5) is 4.39 Å². The monoisotopic (exact) mass is 576 g/mol. The summed E-state index contributed by atoms with van der Waals surface area (Å²) >= 11 is 0. The van der Waals surface area contributed by atoms with Gasteiger partial charge in [0.2, 0.25) is 0 Å². The average Bonchev–Trinajstić information content (AvgIpc) is 3.03. The third kappa shape index (κ3) is 13.4. The number of hydrogen-bond donors (Lipinski definition) is 0. The minimum atomic E-state index is -0.919. The van der Waals surface area contributed by atoms with Crippen molar-refractivity contribution in [1.82, 2.24) is 9.97 Å². The molecule has 5 heteroatoms. The van der Waals surface area contributed by atoms with Gasteiger partial charge < -0.3 is 9.47 Å². The fourth-order valence-corrected chi connectivity index (χ4v) is 5.09. The second-order valence-electron chi connectivity index (χ2n) is 11.5. The van der Waals surface area contributed by atoms with Crippen LogP contribution in [0.3, 0.4) is 0 Å². The number of benzene rings is 2. The zero-order valence-corrected chi connectivity index (χ0v) is 26.2. The molecule has 0 N–H and O–H groups in total. The van der Waals surface area contributed by atoms with Crippen molar-refractivity contribution in [1.29, 1.82) is 0 Å². The van der Waals surface area contributed by atoms with E-state index in [2.05, 4.69) is 23.8 Å². The van der Waals surface area contributed by atoms with Crippen LogP contribution >= 0.6 is 0 Å². The van der Waals surface area contributed by atoms with Crippen molar-refractivity contribution >= 4 is 0 Å². The molecule has 2 aromatic carbocycles. The van der Waals surface area contributed by atoms with Crippen LogP contribution in [0.25, 0.3) is 22.5 Å². The number of halogens is 1. The molecule has 0 amide bonds. The molecular weight excluding hydrogens is 523 g/mol. The zero-order chi connectivity index (χ0) is 29.7. The molecule has 0 aliphatic heterocycles. The average molecular weight is 577 g/mol. The van der Waals surface area contributed by atoms with Gasteiger partial charge in [0.1, 0.15) is 24.3 Å². The lowest BCUT2D eigenvalue weighted by molar-refractivity contribution is 0.184. The molecule has 0 aliphatic carbocycles. The molecule has 1 aromatic heterocycles. The van der Waals surface area contributed by atoms with E-state index in [4.69, 9.17) is 9.47 Å². The van der Waals surface area contributed by atoms with Crippen LogP contribution in [0.1, 0.15) is 117 Å². The first-order valence-electron chi connectivity index (χ1n) is 16.6. The maximum atomic E-state index is 14.1. The lowest BCUT2D eigenvalue weighted by Crippen LogP contribution is -2.12. The van der Waals surface area contributed by atoms with Crippen molar-refractivity contribution in [3.63, 3.8) is 0 Å². The first-order chi connectivity index (χ1) is 20.7. The highest BCUT2D eigenvalue weighted by Crippen LogP contribution is 2.25. The summed E-state index contributed by atoms with van der Waals surface area (Å²) in [4.78, 5) is 9.17. The van der Waals surface area contributed by atoms with E-state index in [0.717, 1.165) is 48.3 Å². The standard InChI is InChI=1S/C37H53FN2O2/c1-3-5-7-9-10-11-12-13-15-17-27-41-35-25-21-32(22-26-35)37-39-28-33(29-40-37)31-19-23-36(24-20-31)42-30-34(38)18-16-14-8-6-4-2/h19-26,28-29,34H,3-18,27,30H2,1-2H3. The number of ether oxygens (including phenoxy) is 2. The van der Waals surface area contributed by atoms with E-state index in [0.29, 0.717) is 18.0 Å². The number of hydrogen-bond acceptors (Lipinski definition) is 4. The highest BCUT2D eigenvalue weighted by molar-refractivity contribution is 5.64. The lowest BCUT2D eigenvalue weighted by Gasteiger charge is -2.11. The predicted octanol–water partition coefficient (Wildman–Crippen LogP) is 11.2. The normalized spacial score (nSPS) is 11.9. The van der Waals surface area contributed by atoms with Crippen molar-refractivity contribution in [3.8, 4) is 34.0 Å². The topological polar surface area (TPSA) is 44.2 Å². The largest absolute Gasteiger partial charge is 0.494 e. The number of rotatable bonds is 23. The van der Waals surface area contributed by atoms with E-state index in [1.807, 2.05) is 60.9 Å². The summed E-state index contributed by atoms with van der Waals surface area (Å²) in [6, 6.07) is 15.7. The molecule has 0 spiro atoms.